The topological polar surface area (TPSA) is 59.3 Å². The van der Waals surface area contributed by atoms with Gasteiger partial charge in [0.25, 0.3) is 0 Å². The zero-order valence-electron chi connectivity index (χ0n) is 16.4. The molecule has 0 spiro atoms. The Morgan fingerprint density at radius 2 is 1.90 bits per heavy atom. The summed E-state index contributed by atoms with van der Waals surface area (Å²) < 4.78 is 23.9. The minimum Gasteiger partial charge on any atom is -0.423 e. The summed E-state index contributed by atoms with van der Waals surface area (Å²) in [6, 6.07) is 12.9. The molecule has 0 saturated heterocycles. The molecule has 1 aliphatic carbocycles. The van der Waals surface area contributed by atoms with E-state index in [1.165, 1.54) is 17.7 Å². The van der Waals surface area contributed by atoms with Crippen molar-refractivity contribution in [1.82, 2.24) is 0 Å². The minimum atomic E-state index is -0.708. The molecular weight excluding hydrogens is 369 g/mol. The second-order valence-electron chi connectivity index (χ2n) is 7.26. The summed E-state index contributed by atoms with van der Waals surface area (Å²) in [7, 11) is 1.70. The second kappa shape index (κ2) is 9.99. The molecule has 0 amide bonds. The maximum absolute atomic E-state index is 13.7. The van der Waals surface area contributed by atoms with Crippen molar-refractivity contribution in [1.29, 1.82) is 5.26 Å². The standard InChI is InChI=1S/C24H24FNO3/c1-28-14-2-3-17-4-6-18(7-5-17)19-8-10-20(11-9-19)24(27)29-22-13-12-21(16-26)23(25)15-22/h2-3,8-13,15,17-18H,4-7,14H2,1H3/b3-2+/t17-,18-. The van der Waals surface area contributed by atoms with Crippen molar-refractivity contribution < 1.29 is 18.7 Å². The van der Waals surface area contributed by atoms with Gasteiger partial charge in [-0.25, -0.2) is 9.18 Å². The maximum Gasteiger partial charge on any atom is 0.343 e. The predicted molar refractivity (Wildman–Crippen MR) is 108 cm³/mol. The third kappa shape index (κ3) is 5.52. The summed E-state index contributed by atoms with van der Waals surface area (Å²) in [6.07, 6.45) is 8.89. The molecule has 29 heavy (non-hydrogen) atoms. The molecule has 0 heterocycles. The number of methoxy groups -OCH3 is 1. The summed E-state index contributed by atoms with van der Waals surface area (Å²) >= 11 is 0. The molecule has 1 fully saturated rings. The highest BCUT2D eigenvalue weighted by atomic mass is 19.1. The lowest BCUT2D eigenvalue weighted by Crippen LogP contribution is -2.13. The Morgan fingerprint density at radius 3 is 2.52 bits per heavy atom. The van der Waals surface area contributed by atoms with Crippen molar-refractivity contribution in [2.45, 2.75) is 31.6 Å². The fourth-order valence-electron chi connectivity index (χ4n) is 3.70. The first kappa shape index (κ1) is 20.8. The van der Waals surface area contributed by atoms with E-state index >= 15 is 0 Å². The number of benzene rings is 2. The predicted octanol–water partition coefficient (Wildman–Crippen LogP) is 5.39. The van der Waals surface area contributed by atoms with Crippen LogP contribution in [0.25, 0.3) is 0 Å². The average molecular weight is 393 g/mol. The van der Waals surface area contributed by atoms with Crippen LogP contribution >= 0.6 is 0 Å². The van der Waals surface area contributed by atoms with Crippen LogP contribution in [0, 0.1) is 23.1 Å². The van der Waals surface area contributed by atoms with Crippen LogP contribution in [0.4, 0.5) is 4.39 Å². The summed E-state index contributed by atoms with van der Waals surface area (Å²) in [5.74, 6) is -0.0628. The summed E-state index contributed by atoms with van der Waals surface area (Å²) in [4.78, 5) is 12.3. The molecule has 0 atom stereocenters. The van der Waals surface area contributed by atoms with E-state index in [9.17, 15) is 9.18 Å². The van der Waals surface area contributed by atoms with Gasteiger partial charge in [0.15, 0.2) is 0 Å². The molecule has 1 aliphatic rings. The third-order valence-electron chi connectivity index (χ3n) is 5.33. The van der Waals surface area contributed by atoms with Gasteiger partial charge in [-0.15, -0.1) is 0 Å². The molecule has 3 rings (SSSR count). The first-order chi connectivity index (χ1) is 14.1. The number of carbonyl (C=O) groups is 1. The number of rotatable bonds is 6. The Bertz CT molecular complexity index is 907. The van der Waals surface area contributed by atoms with E-state index in [2.05, 4.69) is 12.2 Å². The van der Waals surface area contributed by atoms with Gasteiger partial charge in [0, 0.05) is 13.2 Å². The van der Waals surface area contributed by atoms with Crippen LogP contribution in [-0.4, -0.2) is 19.7 Å². The Morgan fingerprint density at radius 1 is 1.17 bits per heavy atom. The Balaban J connectivity index is 1.57. The number of hydrogen-bond acceptors (Lipinski definition) is 4. The zero-order chi connectivity index (χ0) is 20.6. The van der Waals surface area contributed by atoms with E-state index in [0.717, 1.165) is 31.7 Å². The summed E-state index contributed by atoms with van der Waals surface area (Å²) in [6.45, 7) is 0.659. The van der Waals surface area contributed by atoms with Crippen LogP contribution in [0.1, 0.15) is 53.1 Å². The van der Waals surface area contributed by atoms with Crippen LogP contribution in [0.5, 0.6) is 5.75 Å². The van der Waals surface area contributed by atoms with E-state index in [-0.39, 0.29) is 11.3 Å². The Labute approximate surface area is 170 Å². The van der Waals surface area contributed by atoms with Gasteiger partial charge in [-0.3, -0.25) is 0 Å². The number of esters is 1. The normalized spacial score (nSPS) is 19.1. The fourth-order valence-corrected chi connectivity index (χ4v) is 3.70. The van der Waals surface area contributed by atoms with Gasteiger partial charge in [0.05, 0.1) is 17.7 Å². The first-order valence-corrected chi connectivity index (χ1v) is 9.78. The van der Waals surface area contributed by atoms with Crippen molar-refractivity contribution in [3.8, 4) is 11.8 Å². The fraction of sp³-hybridized carbons (Fsp3) is 0.333. The van der Waals surface area contributed by atoms with Gasteiger partial charge < -0.3 is 9.47 Å². The lowest BCUT2D eigenvalue weighted by Gasteiger charge is -2.27. The number of halogens is 1. The monoisotopic (exact) mass is 393 g/mol. The molecule has 2 aromatic carbocycles. The summed E-state index contributed by atoms with van der Waals surface area (Å²) in [5, 5.41) is 8.76. The van der Waals surface area contributed by atoms with Gasteiger partial charge in [0.2, 0.25) is 0 Å². The Kier molecular flexibility index (Phi) is 7.15. The quantitative estimate of drug-likeness (QED) is 0.375. The van der Waals surface area contributed by atoms with Gasteiger partial charge in [-0.05, 0) is 67.3 Å². The number of allylic oxidation sites excluding steroid dienone is 1. The number of carbonyl (C=O) groups excluding carboxylic acids is 1. The zero-order valence-corrected chi connectivity index (χ0v) is 16.4. The van der Waals surface area contributed by atoms with E-state index in [1.54, 1.807) is 25.3 Å². The molecule has 4 nitrogen and oxygen atoms in total. The SMILES string of the molecule is COC/C=C/[C@H]1CC[C@H](c2ccc(C(=O)Oc3ccc(C#N)c(F)c3)cc2)CC1. The van der Waals surface area contributed by atoms with Gasteiger partial charge in [0.1, 0.15) is 17.6 Å². The summed E-state index contributed by atoms with van der Waals surface area (Å²) in [5.41, 5.74) is 1.55. The van der Waals surface area contributed by atoms with Gasteiger partial charge >= 0.3 is 5.97 Å². The molecule has 0 unspecified atom stereocenters. The molecule has 0 radical (unpaired) electrons. The molecular formula is C24H24FNO3. The van der Waals surface area contributed by atoms with Crippen molar-refractivity contribution in [3.63, 3.8) is 0 Å². The lowest BCUT2D eigenvalue weighted by molar-refractivity contribution is 0.0734. The van der Waals surface area contributed by atoms with Crippen LogP contribution in [0.2, 0.25) is 0 Å². The molecule has 150 valence electrons. The highest BCUT2D eigenvalue weighted by Crippen LogP contribution is 2.36. The van der Waals surface area contributed by atoms with Crippen LogP contribution < -0.4 is 4.74 Å². The Hall–Kier alpha value is -2.97. The molecule has 2 aromatic rings. The second-order valence-corrected chi connectivity index (χ2v) is 7.26. The van der Waals surface area contributed by atoms with Gasteiger partial charge in [-0.1, -0.05) is 24.3 Å². The van der Waals surface area contributed by atoms with Crippen molar-refractivity contribution >= 4 is 5.97 Å². The molecule has 0 bridgehead atoms. The van der Waals surface area contributed by atoms with Crippen LogP contribution in [0.3, 0.4) is 0 Å². The molecule has 0 aliphatic heterocycles. The maximum atomic E-state index is 13.7. The molecule has 1 saturated carbocycles. The van der Waals surface area contributed by atoms with Crippen molar-refractivity contribution in [2.24, 2.45) is 5.92 Å². The highest BCUT2D eigenvalue weighted by molar-refractivity contribution is 5.91. The third-order valence-corrected chi connectivity index (χ3v) is 5.33. The lowest BCUT2D eigenvalue weighted by atomic mass is 9.78. The van der Waals surface area contributed by atoms with Crippen LogP contribution in [-0.2, 0) is 4.74 Å². The minimum absolute atomic E-state index is 0.0791. The molecule has 0 aromatic heterocycles. The van der Waals surface area contributed by atoms with E-state index in [0.29, 0.717) is 24.0 Å². The van der Waals surface area contributed by atoms with Gasteiger partial charge in [-0.2, -0.15) is 5.26 Å². The average Bonchev–Trinajstić information content (AvgIpc) is 2.75. The number of ether oxygens (including phenoxy) is 2. The molecule has 0 N–H and O–H groups in total. The van der Waals surface area contributed by atoms with E-state index in [1.807, 2.05) is 12.1 Å². The van der Waals surface area contributed by atoms with E-state index in [4.69, 9.17) is 14.7 Å². The largest absolute Gasteiger partial charge is 0.423 e. The van der Waals surface area contributed by atoms with Crippen molar-refractivity contribution in [2.75, 3.05) is 13.7 Å². The van der Waals surface area contributed by atoms with Crippen LogP contribution in [0.15, 0.2) is 54.6 Å². The number of hydrogen-bond donors (Lipinski definition) is 0. The van der Waals surface area contributed by atoms with Crippen molar-refractivity contribution in [3.05, 3.63) is 77.1 Å². The highest BCUT2D eigenvalue weighted by Gasteiger charge is 2.21. The number of nitriles is 1. The first-order valence-electron chi connectivity index (χ1n) is 9.78. The smallest absolute Gasteiger partial charge is 0.343 e. The molecule has 5 heteroatoms. The number of nitrogens with zero attached hydrogens (tertiary/aromatic N) is 1. The van der Waals surface area contributed by atoms with E-state index < -0.39 is 11.8 Å².